The Hall–Kier alpha value is -3.36. The molecule has 8 heteroatoms. The van der Waals surface area contributed by atoms with Crippen LogP contribution in [0.1, 0.15) is 35.7 Å². The van der Waals surface area contributed by atoms with Crippen LogP contribution in [0.4, 0.5) is 10.5 Å². The monoisotopic (exact) mass is 493 g/mol. The van der Waals surface area contributed by atoms with Gasteiger partial charge >= 0.3 is 6.09 Å². The first-order valence-corrected chi connectivity index (χ1v) is 13.5. The third-order valence-corrected chi connectivity index (χ3v) is 8.04. The molecular weight excluding hydrogens is 462 g/mol. The standard InChI is InChI=1S/C27H31N3O4S/c1-4-34-27(32)30-17-15-20(16-18-30)29-35(3,33)25-14-13-24(22-11-7-8-12-23(22)25)28-26(31)21-10-6-5-9-19(21)2/h5-14,20H,3-4,15-18H2,1-2H3,(H,28,31)(H,29,33). The predicted molar refractivity (Wildman–Crippen MR) is 141 cm³/mol. The summed E-state index contributed by atoms with van der Waals surface area (Å²) >= 11 is 0. The van der Waals surface area contributed by atoms with Gasteiger partial charge in [0.2, 0.25) is 0 Å². The maximum absolute atomic E-state index is 13.8. The van der Waals surface area contributed by atoms with E-state index in [-0.39, 0.29) is 18.0 Å². The normalized spacial score (nSPS) is 16.0. The van der Waals surface area contributed by atoms with Crippen molar-refractivity contribution in [2.45, 2.75) is 37.6 Å². The molecule has 1 saturated heterocycles. The van der Waals surface area contributed by atoms with Crippen molar-refractivity contribution in [2.75, 3.05) is 25.0 Å². The number of ether oxygens (including phenoxy) is 1. The molecule has 1 fully saturated rings. The summed E-state index contributed by atoms with van der Waals surface area (Å²) in [4.78, 5) is 27.1. The lowest BCUT2D eigenvalue weighted by atomic mass is 10.1. The van der Waals surface area contributed by atoms with Crippen LogP contribution in [-0.4, -0.2) is 52.7 Å². The fraction of sp³-hybridized carbons (Fsp3) is 0.296. The van der Waals surface area contributed by atoms with Gasteiger partial charge in [-0.15, -0.1) is 0 Å². The van der Waals surface area contributed by atoms with Crippen molar-refractivity contribution >= 4 is 44.0 Å². The number of likely N-dealkylation sites (tertiary alicyclic amines) is 1. The lowest BCUT2D eigenvalue weighted by Gasteiger charge is -2.32. The molecule has 0 saturated carbocycles. The number of fused-ring (bicyclic) bond motifs is 1. The minimum absolute atomic E-state index is 0.0372. The Bertz CT molecular complexity index is 1350. The van der Waals surface area contributed by atoms with Crippen molar-refractivity contribution in [3.63, 3.8) is 0 Å². The van der Waals surface area contributed by atoms with Gasteiger partial charge in [0.25, 0.3) is 5.91 Å². The van der Waals surface area contributed by atoms with Crippen LogP contribution in [0.3, 0.4) is 0 Å². The number of anilines is 1. The predicted octanol–water partition coefficient (Wildman–Crippen LogP) is 4.60. The Kier molecular flexibility index (Phi) is 7.42. The van der Waals surface area contributed by atoms with E-state index >= 15 is 0 Å². The number of benzene rings is 3. The van der Waals surface area contributed by atoms with Gasteiger partial charge in [0, 0.05) is 41.2 Å². The Morgan fingerprint density at radius 1 is 1.03 bits per heavy atom. The van der Waals surface area contributed by atoms with Gasteiger partial charge in [-0.2, -0.15) is 0 Å². The van der Waals surface area contributed by atoms with Crippen LogP contribution in [0.2, 0.25) is 0 Å². The van der Waals surface area contributed by atoms with Crippen molar-refractivity contribution in [2.24, 2.45) is 0 Å². The molecule has 2 amide bonds. The van der Waals surface area contributed by atoms with E-state index in [0.29, 0.717) is 48.7 Å². The highest BCUT2D eigenvalue weighted by atomic mass is 32.2. The van der Waals surface area contributed by atoms with E-state index in [1.54, 1.807) is 30.0 Å². The van der Waals surface area contributed by atoms with Crippen molar-refractivity contribution in [3.05, 3.63) is 71.8 Å². The molecule has 1 unspecified atom stereocenters. The van der Waals surface area contributed by atoms with E-state index in [1.165, 1.54) is 0 Å². The van der Waals surface area contributed by atoms with Crippen LogP contribution < -0.4 is 10.0 Å². The van der Waals surface area contributed by atoms with E-state index in [2.05, 4.69) is 15.9 Å². The Labute approximate surface area is 206 Å². The fourth-order valence-corrected chi connectivity index (χ4v) is 6.13. The van der Waals surface area contributed by atoms with Gasteiger partial charge in [-0.3, -0.25) is 4.79 Å². The highest BCUT2D eigenvalue weighted by Crippen LogP contribution is 2.30. The second kappa shape index (κ2) is 10.5. The molecule has 7 nitrogen and oxygen atoms in total. The fourth-order valence-electron chi connectivity index (χ4n) is 4.41. The van der Waals surface area contributed by atoms with Crippen LogP contribution >= 0.6 is 0 Å². The molecule has 2 N–H and O–H groups in total. The second-order valence-electron chi connectivity index (χ2n) is 8.68. The van der Waals surface area contributed by atoms with Gasteiger partial charge in [0.05, 0.1) is 21.2 Å². The number of amides is 2. The molecule has 3 aromatic carbocycles. The van der Waals surface area contributed by atoms with Gasteiger partial charge in [-0.25, -0.2) is 13.7 Å². The molecule has 35 heavy (non-hydrogen) atoms. The number of piperidine rings is 1. The molecule has 1 atom stereocenters. The van der Waals surface area contributed by atoms with E-state index < -0.39 is 9.71 Å². The molecule has 0 aliphatic carbocycles. The van der Waals surface area contributed by atoms with E-state index in [4.69, 9.17) is 4.74 Å². The summed E-state index contributed by atoms with van der Waals surface area (Å²) in [7, 11) is -2.84. The maximum Gasteiger partial charge on any atom is 0.409 e. The van der Waals surface area contributed by atoms with Crippen molar-refractivity contribution in [1.82, 2.24) is 9.62 Å². The summed E-state index contributed by atoms with van der Waals surface area (Å²) in [6.07, 6.45) is 1.01. The van der Waals surface area contributed by atoms with Crippen molar-refractivity contribution < 1.29 is 18.5 Å². The lowest BCUT2D eigenvalue weighted by molar-refractivity contribution is 0.0965. The van der Waals surface area contributed by atoms with Gasteiger partial charge in [0.1, 0.15) is 0 Å². The van der Waals surface area contributed by atoms with Crippen LogP contribution in [-0.2, 0) is 14.4 Å². The molecule has 0 bridgehead atoms. The molecule has 0 radical (unpaired) electrons. The molecular formula is C27H31N3O4S. The minimum atomic E-state index is -2.84. The first kappa shape index (κ1) is 24.8. The molecule has 1 aliphatic rings. The quantitative estimate of drug-likeness (QED) is 0.491. The van der Waals surface area contributed by atoms with Gasteiger partial charge in [0.15, 0.2) is 0 Å². The number of nitrogens with zero attached hydrogens (tertiary/aromatic N) is 1. The average Bonchev–Trinajstić information content (AvgIpc) is 2.84. The SMILES string of the molecule is C=S(=O)(NC1CCN(C(=O)OCC)CC1)c1ccc(NC(=O)c2ccccc2C)c2ccccc12. The van der Waals surface area contributed by atoms with Crippen molar-refractivity contribution in [3.8, 4) is 0 Å². The van der Waals surface area contributed by atoms with E-state index in [0.717, 1.165) is 16.3 Å². The maximum atomic E-state index is 13.8. The summed E-state index contributed by atoms with van der Waals surface area (Å²) in [5, 5.41) is 4.57. The number of hydrogen-bond donors (Lipinski definition) is 2. The smallest absolute Gasteiger partial charge is 0.409 e. The zero-order chi connectivity index (χ0) is 25.0. The number of carbonyl (C=O) groups is 2. The lowest BCUT2D eigenvalue weighted by Crippen LogP contribution is -2.46. The van der Waals surface area contributed by atoms with E-state index in [9.17, 15) is 13.8 Å². The minimum Gasteiger partial charge on any atom is -0.450 e. The molecule has 1 heterocycles. The second-order valence-corrected chi connectivity index (χ2v) is 10.7. The summed E-state index contributed by atoms with van der Waals surface area (Å²) in [5.41, 5.74) is 2.15. The molecule has 3 aromatic rings. The van der Waals surface area contributed by atoms with Crippen LogP contribution in [0.25, 0.3) is 10.8 Å². The first-order valence-electron chi connectivity index (χ1n) is 11.7. The summed E-state index contributed by atoms with van der Waals surface area (Å²) in [6.45, 7) is 5.11. The summed E-state index contributed by atoms with van der Waals surface area (Å²) < 4.78 is 22.1. The molecule has 184 valence electrons. The largest absolute Gasteiger partial charge is 0.450 e. The highest BCUT2D eigenvalue weighted by Gasteiger charge is 2.26. The number of aryl methyl sites for hydroxylation is 1. The van der Waals surface area contributed by atoms with Crippen LogP contribution in [0.5, 0.6) is 0 Å². The number of carbonyl (C=O) groups excluding carboxylic acids is 2. The summed E-state index contributed by atoms with van der Waals surface area (Å²) in [6, 6.07) is 18.5. The zero-order valence-electron chi connectivity index (χ0n) is 20.1. The molecule has 4 rings (SSSR count). The Balaban J connectivity index is 1.55. The van der Waals surface area contributed by atoms with Crippen LogP contribution in [0.15, 0.2) is 65.6 Å². The van der Waals surface area contributed by atoms with Gasteiger partial charge < -0.3 is 15.0 Å². The average molecular weight is 494 g/mol. The molecule has 0 aromatic heterocycles. The topological polar surface area (TPSA) is 87.7 Å². The molecule has 0 spiro atoms. The summed E-state index contributed by atoms with van der Waals surface area (Å²) in [5.74, 6) is 3.85. The Morgan fingerprint density at radius 3 is 2.37 bits per heavy atom. The Morgan fingerprint density at radius 2 is 1.69 bits per heavy atom. The van der Waals surface area contributed by atoms with Crippen LogP contribution in [0, 0.1) is 6.92 Å². The van der Waals surface area contributed by atoms with E-state index in [1.807, 2.05) is 49.4 Å². The third-order valence-electron chi connectivity index (χ3n) is 6.26. The molecule has 1 aliphatic heterocycles. The van der Waals surface area contributed by atoms with Gasteiger partial charge in [-0.1, -0.05) is 42.5 Å². The number of hydrogen-bond acceptors (Lipinski definition) is 4. The third kappa shape index (κ3) is 5.49. The highest BCUT2D eigenvalue weighted by molar-refractivity contribution is 7.98. The number of nitrogens with one attached hydrogen (secondary N) is 2. The van der Waals surface area contributed by atoms with Crippen molar-refractivity contribution in [1.29, 1.82) is 0 Å². The number of rotatable bonds is 6. The van der Waals surface area contributed by atoms with Gasteiger partial charge in [-0.05, 0) is 56.3 Å². The first-order chi connectivity index (χ1) is 16.8. The zero-order valence-corrected chi connectivity index (χ0v) is 20.9.